The molecule has 1 saturated heterocycles. The van der Waals surface area contributed by atoms with Gasteiger partial charge in [0.2, 0.25) is 0 Å². The number of nitrogens with one attached hydrogen (secondary N) is 1. The fourth-order valence-corrected chi connectivity index (χ4v) is 4.71. The molecule has 1 N–H and O–H groups in total. The third-order valence-electron chi connectivity index (χ3n) is 6.83. The highest BCUT2D eigenvalue weighted by atomic mass is 16.5. The first-order valence-electron chi connectivity index (χ1n) is 11.9. The number of methoxy groups -OCH3 is 1. The van der Waals surface area contributed by atoms with Crippen molar-refractivity contribution in [2.24, 2.45) is 0 Å². The van der Waals surface area contributed by atoms with Crippen LogP contribution < -0.4 is 10.1 Å². The van der Waals surface area contributed by atoms with Gasteiger partial charge in [0.25, 0.3) is 5.91 Å². The van der Waals surface area contributed by atoms with E-state index in [1.54, 1.807) is 7.11 Å². The van der Waals surface area contributed by atoms with Crippen LogP contribution in [-0.2, 0) is 6.42 Å². The average Bonchev–Trinajstić information content (AvgIpc) is 3.30. The number of carbonyl (C=O) groups excluding carboxylic acids is 1. The molecule has 3 aromatic rings. The predicted molar refractivity (Wildman–Crippen MR) is 135 cm³/mol. The minimum atomic E-state index is -0.0375. The molecule has 0 aromatic heterocycles. The maximum Gasteiger partial charge on any atom is 0.251 e. The normalized spacial score (nSPS) is 17.0. The van der Waals surface area contributed by atoms with Gasteiger partial charge in [0.15, 0.2) is 0 Å². The summed E-state index contributed by atoms with van der Waals surface area (Å²) in [5, 5.41) is 3.05. The summed E-state index contributed by atoms with van der Waals surface area (Å²) >= 11 is 0. The van der Waals surface area contributed by atoms with Crippen LogP contribution in [-0.4, -0.2) is 37.0 Å². The fourth-order valence-electron chi connectivity index (χ4n) is 4.71. The Hall–Kier alpha value is -3.11. The maximum atomic E-state index is 12.6. The van der Waals surface area contributed by atoms with Gasteiger partial charge in [0.05, 0.1) is 7.11 Å². The van der Waals surface area contributed by atoms with E-state index in [1.807, 2.05) is 48.5 Å². The molecular formula is C29H34N2O2. The van der Waals surface area contributed by atoms with Gasteiger partial charge in [-0.2, -0.15) is 0 Å². The number of amides is 1. The summed E-state index contributed by atoms with van der Waals surface area (Å²) in [6.07, 6.45) is 3.42. The van der Waals surface area contributed by atoms with E-state index in [4.69, 9.17) is 4.74 Å². The monoisotopic (exact) mass is 442 g/mol. The molecule has 4 rings (SSSR count). The number of rotatable bonds is 8. The van der Waals surface area contributed by atoms with Crippen LogP contribution in [0.3, 0.4) is 0 Å². The summed E-state index contributed by atoms with van der Waals surface area (Å²) in [6, 6.07) is 25.6. The van der Waals surface area contributed by atoms with Crippen molar-refractivity contribution in [2.45, 2.75) is 45.2 Å². The third kappa shape index (κ3) is 5.63. The zero-order valence-corrected chi connectivity index (χ0v) is 19.9. The molecule has 2 unspecified atom stereocenters. The van der Waals surface area contributed by atoms with Crippen LogP contribution in [0.1, 0.15) is 54.2 Å². The molecule has 172 valence electrons. The summed E-state index contributed by atoms with van der Waals surface area (Å²) in [4.78, 5) is 15.1. The van der Waals surface area contributed by atoms with Gasteiger partial charge in [0, 0.05) is 24.2 Å². The van der Waals surface area contributed by atoms with Crippen LogP contribution in [0, 0.1) is 0 Å². The van der Waals surface area contributed by atoms with Crippen LogP contribution in [0.5, 0.6) is 5.75 Å². The van der Waals surface area contributed by atoms with Gasteiger partial charge < -0.3 is 10.1 Å². The zero-order valence-electron chi connectivity index (χ0n) is 19.9. The van der Waals surface area contributed by atoms with E-state index in [-0.39, 0.29) is 5.91 Å². The molecule has 4 heteroatoms. The summed E-state index contributed by atoms with van der Waals surface area (Å²) in [5.41, 5.74) is 5.46. The number of benzene rings is 3. The Balaban J connectivity index is 1.27. The first kappa shape index (κ1) is 23.1. The third-order valence-corrected chi connectivity index (χ3v) is 6.83. The van der Waals surface area contributed by atoms with E-state index in [1.165, 1.54) is 30.5 Å². The number of ether oxygens (including phenoxy) is 1. The second-order valence-corrected chi connectivity index (χ2v) is 8.96. The average molecular weight is 443 g/mol. The molecule has 1 aliphatic rings. The van der Waals surface area contributed by atoms with Crippen molar-refractivity contribution in [3.63, 3.8) is 0 Å². The van der Waals surface area contributed by atoms with Gasteiger partial charge in [0.1, 0.15) is 5.75 Å². The quantitative estimate of drug-likeness (QED) is 0.474. The molecule has 0 bridgehead atoms. The topological polar surface area (TPSA) is 41.6 Å². The summed E-state index contributed by atoms with van der Waals surface area (Å²) < 4.78 is 5.21. The second-order valence-electron chi connectivity index (χ2n) is 8.96. The molecule has 4 nitrogen and oxygen atoms in total. The van der Waals surface area contributed by atoms with Crippen molar-refractivity contribution >= 4 is 5.91 Å². The number of hydrogen-bond acceptors (Lipinski definition) is 3. The highest BCUT2D eigenvalue weighted by molar-refractivity contribution is 5.94. The molecule has 0 aliphatic carbocycles. The van der Waals surface area contributed by atoms with Crippen molar-refractivity contribution in [3.05, 3.63) is 89.5 Å². The number of carbonyl (C=O) groups is 1. The van der Waals surface area contributed by atoms with E-state index in [2.05, 4.69) is 48.3 Å². The SMILES string of the molecule is COc1ccc(-c2ccc(C(=O)NCCc3ccc(C(C)N4CCCC4C)cc3)cc2)cc1. The van der Waals surface area contributed by atoms with Crippen molar-refractivity contribution in [1.29, 1.82) is 0 Å². The molecule has 0 spiro atoms. The molecule has 1 aliphatic heterocycles. The highest BCUT2D eigenvalue weighted by Gasteiger charge is 2.25. The number of hydrogen-bond donors (Lipinski definition) is 1. The van der Waals surface area contributed by atoms with Crippen molar-refractivity contribution in [2.75, 3.05) is 20.2 Å². The van der Waals surface area contributed by atoms with Gasteiger partial charge in [-0.25, -0.2) is 0 Å². The van der Waals surface area contributed by atoms with Crippen molar-refractivity contribution in [3.8, 4) is 16.9 Å². The summed E-state index contributed by atoms with van der Waals surface area (Å²) in [7, 11) is 1.66. The molecule has 3 aromatic carbocycles. The molecule has 2 atom stereocenters. The van der Waals surface area contributed by atoms with E-state index in [0.717, 1.165) is 23.3 Å². The van der Waals surface area contributed by atoms with E-state index >= 15 is 0 Å². The molecule has 33 heavy (non-hydrogen) atoms. The molecule has 0 saturated carbocycles. The second kappa shape index (κ2) is 10.7. The number of nitrogens with zero attached hydrogens (tertiary/aromatic N) is 1. The number of likely N-dealkylation sites (tertiary alicyclic amines) is 1. The Kier molecular flexibility index (Phi) is 7.46. The van der Waals surface area contributed by atoms with Crippen LogP contribution in [0.2, 0.25) is 0 Å². The minimum Gasteiger partial charge on any atom is -0.497 e. The minimum absolute atomic E-state index is 0.0375. The maximum absolute atomic E-state index is 12.6. The van der Waals surface area contributed by atoms with Crippen LogP contribution in [0.15, 0.2) is 72.8 Å². The van der Waals surface area contributed by atoms with E-state index in [0.29, 0.717) is 24.2 Å². The lowest BCUT2D eigenvalue weighted by atomic mass is 10.0. The first-order chi connectivity index (χ1) is 16.0. The Morgan fingerprint density at radius 2 is 1.64 bits per heavy atom. The van der Waals surface area contributed by atoms with Gasteiger partial charge in [-0.1, -0.05) is 48.5 Å². The molecular weight excluding hydrogens is 408 g/mol. The highest BCUT2D eigenvalue weighted by Crippen LogP contribution is 2.29. The fraction of sp³-hybridized carbons (Fsp3) is 0.345. The Morgan fingerprint density at radius 1 is 1.00 bits per heavy atom. The smallest absolute Gasteiger partial charge is 0.251 e. The Labute approximate surface area is 197 Å². The van der Waals surface area contributed by atoms with E-state index in [9.17, 15) is 4.79 Å². The standard InChI is InChI=1S/C29H34N2O2/c1-21-5-4-20-31(21)22(2)24-8-6-23(7-9-24)18-19-30-29(32)27-12-10-25(11-13-27)26-14-16-28(33-3)17-15-26/h6-17,21-22H,4-5,18-20H2,1-3H3,(H,30,32). The molecule has 1 fully saturated rings. The van der Waals surface area contributed by atoms with Gasteiger partial charge in [-0.3, -0.25) is 9.69 Å². The summed E-state index contributed by atoms with van der Waals surface area (Å²) in [6.45, 7) is 6.44. The lowest BCUT2D eigenvalue weighted by Gasteiger charge is -2.29. The van der Waals surface area contributed by atoms with Crippen LogP contribution >= 0.6 is 0 Å². The van der Waals surface area contributed by atoms with E-state index < -0.39 is 0 Å². The van der Waals surface area contributed by atoms with Crippen LogP contribution in [0.25, 0.3) is 11.1 Å². The van der Waals surface area contributed by atoms with Crippen molar-refractivity contribution < 1.29 is 9.53 Å². The van der Waals surface area contributed by atoms with Crippen LogP contribution in [0.4, 0.5) is 0 Å². The predicted octanol–water partition coefficient (Wildman–Crippen LogP) is 5.88. The Bertz CT molecular complexity index is 1040. The zero-order chi connectivity index (χ0) is 23.2. The summed E-state index contributed by atoms with van der Waals surface area (Å²) in [5.74, 6) is 0.796. The van der Waals surface area contributed by atoms with Gasteiger partial charge >= 0.3 is 0 Å². The van der Waals surface area contributed by atoms with Gasteiger partial charge in [-0.05, 0) is 86.2 Å². The molecule has 1 heterocycles. The lowest BCUT2D eigenvalue weighted by molar-refractivity contribution is 0.0954. The lowest BCUT2D eigenvalue weighted by Crippen LogP contribution is -2.29. The van der Waals surface area contributed by atoms with Gasteiger partial charge in [-0.15, -0.1) is 0 Å². The molecule has 0 radical (unpaired) electrons. The Morgan fingerprint density at radius 3 is 2.21 bits per heavy atom. The first-order valence-corrected chi connectivity index (χ1v) is 11.9. The largest absolute Gasteiger partial charge is 0.497 e. The molecule has 1 amide bonds. The van der Waals surface area contributed by atoms with Crippen molar-refractivity contribution in [1.82, 2.24) is 10.2 Å².